The number of nitrogens with two attached hydrogens (primary N) is 1. The zero-order chi connectivity index (χ0) is 9.84. The summed E-state index contributed by atoms with van der Waals surface area (Å²) in [5.74, 6) is 0.419. The summed E-state index contributed by atoms with van der Waals surface area (Å²) in [6, 6.07) is 0. The molecule has 1 heterocycles. The molecule has 4 nitrogen and oxygen atoms in total. The van der Waals surface area contributed by atoms with Crippen LogP contribution in [0.3, 0.4) is 0 Å². The van der Waals surface area contributed by atoms with Crippen molar-refractivity contribution in [2.45, 2.75) is 17.2 Å². The van der Waals surface area contributed by atoms with E-state index < -0.39 is 0 Å². The van der Waals surface area contributed by atoms with Crippen LogP contribution in [0.2, 0.25) is 0 Å². The Bertz CT molecular complexity index is 297. The molecule has 1 unspecified atom stereocenters. The Hall–Kier alpha value is -0.330. The third-order valence-corrected chi connectivity index (χ3v) is 3.48. The number of thioether (sulfide) groups is 1. The Morgan fingerprint density at radius 1 is 1.69 bits per heavy atom. The summed E-state index contributed by atoms with van der Waals surface area (Å²) in [6.07, 6.45) is 1.41. The highest BCUT2D eigenvalue weighted by Gasteiger charge is 2.10. The standard InChI is InChI=1S/C7H10BrN3OS/c1-4(2-12)13-7-5(8)6(9)10-3-11-7/h3-4,12H,2H2,1H3,(H2,9,10,11). The number of hydrogen-bond acceptors (Lipinski definition) is 5. The fraction of sp³-hybridized carbons (Fsp3) is 0.429. The second-order valence-electron chi connectivity index (χ2n) is 2.49. The molecule has 0 aliphatic rings. The van der Waals surface area contributed by atoms with Crippen LogP contribution in [0.4, 0.5) is 5.82 Å². The molecule has 0 spiro atoms. The number of hydrogen-bond donors (Lipinski definition) is 2. The molecule has 6 heteroatoms. The zero-order valence-corrected chi connectivity index (χ0v) is 9.47. The Kier molecular flexibility index (Phi) is 3.95. The van der Waals surface area contributed by atoms with E-state index in [1.54, 1.807) is 0 Å². The van der Waals surface area contributed by atoms with Gasteiger partial charge in [-0.15, -0.1) is 0 Å². The van der Waals surface area contributed by atoms with E-state index in [-0.39, 0.29) is 11.9 Å². The van der Waals surface area contributed by atoms with Gasteiger partial charge in [-0.2, -0.15) is 0 Å². The first-order valence-electron chi connectivity index (χ1n) is 3.68. The fourth-order valence-electron chi connectivity index (χ4n) is 0.676. The first kappa shape index (κ1) is 10.7. The number of rotatable bonds is 3. The molecule has 0 radical (unpaired) electrons. The lowest BCUT2D eigenvalue weighted by atomic mass is 10.5. The van der Waals surface area contributed by atoms with E-state index >= 15 is 0 Å². The van der Waals surface area contributed by atoms with E-state index in [0.29, 0.717) is 10.3 Å². The van der Waals surface area contributed by atoms with E-state index in [2.05, 4.69) is 25.9 Å². The molecule has 3 N–H and O–H groups in total. The Morgan fingerprint density at radius 2 is 2.38 bits per heavy atom. The topological polar surface area (TPSA) is 72.0 Å². The second kappa shape index (κ2) is 4.78. The number of aliphatic hydroxyl groups is 1. The van der Waals surface area contributed by atoms with Gasteiger partial charge < -0.3 is 10.8 Å². The SMILES string of the molecule is CC(CO)Sc1ncnc(N)c1Br. The van der Waals surface area contributed by atoms with Gasteiger partial charge >= 0.3 is 0 Å². The first-order valence-corrected chi connectivity index (χ1v) is 5.36. The largest absolute Gasteiger partial charge is 0.395 e. The van der Waals surface area contributed by atoms with Crippen LogP contribution in [0.1, 0.15) is 6.92 Å². The van der Waals surface area contributed by atoms with Crippen molar-refractivity contribution in [1.29, 1.82) is 0 Å². The first-order chi connectivity index (χ1) is 6.15. The van der Waals surface area contributed by atoms with E-state index in [0.717, 1.165) is 5.03 Å². The molecule has 0 aliphatic heterocycles. The van der Waals surface area contributed by atoms with E-state index in [1.807, 2.05) is 6.92 Å². The Labute approximate surface area is 89.1 Å². The maximum atomic E-state index is 8.85. The van der Waals surface area contributed by atoms with Crippen molar-refractivity contribution >= 4 is 33.5 Å². The van der Waals surface area contributed by atoms with Crippen LogP contribution in [0, 0.1) is 0 Å². The molecule has 0 amide bonds. The van der Waals surface area contributed by atoms with Crippen LogP contribution in [0.15, 0.2) is 15.8 Å². The van der Waals surface area contributed by atoms with E-state index in [1.165, 1.54) is 18.1 Å². The maximum Gasteiger partial charge on any atom is 0.142 e. The van der Waals surface area contributed by atoms with Gasteiger partial charge in [0.05, 0.1) is 11.1 Å². The summed E-state index contributed by atoms with van der Waals surface area (Å²) in [5.41, 5.74) is 5.56. The maximum absolute atomic E-state index is 8.85. The molecule has 72 valence electrons. The molecule has 0 fully saturated rings. The smallest absolute Gasteiger partial charge is 0.142 e. The number of anilines is 1. The molecule has 1 aromatic rings. The van der Waals surface area contributed by atoms with Gasteiger partial charge in [0.15, 0.2) is 0 Å². The van der Waals surface area contributed by atoms with Gasteiger partial charge in [0.2, 0.25) is 0 Å². The molecule has 0 aliphatic carbocycles. The lowest BCUT2D eigenvalue weighted by Gasteiger charge is -2.08. The number of nitrogen functional groups attached to an aromatic ring is 1. The highest BCUT2D eigenvalue weighted by atomic mass is 79.9. The summed E-state index contributed by atoms with van der Waals surface area (Å²) in [6.45, 7) is 2.02. The third-order valence-electron chi connectivity index (χ3n) is 1.35. The van der Waals surface area contributed by atoms with Crippen molar-refractivity contribution in [2.75, 3.05) is 12.3 Å². The number of aromatic nitrogens is 2. The zero-order valence-electron chi connectivity index (χ0n) is 7.07. The number of nitrogens with zero attached hydrogens (tertiary/aromatic N) is 2. The third kappa shape index (κ3) is 2.82. The average Bonchev–Trinajstić information content (AvgIpc) is 2.13. The molecule has 0 aromatic carbocycles. The van der Waals surface area contributed by atoms with Crippen molar-refractivity contribution in [3.63, 3.8) is 0 Å². The highest BCUT2D eigenvalue weighted by Crippen LogP contribution is 2.30. The molecule has 0 bridgehead atoms. The molecule has 1 aromatic heterocycles. The summed E-state index contributed by atoms with van der Waals surface area (Å²) >= 11 is 4.74. The van der Waals surface area contributed by atoms with Crippen LogP contribution in [-0.4, -0.2) is 26.9 Å². The monoisotopic (exact) mass is 263 g/mol. The van der Waals surface area contributed by atoms with Crippen molar-refractivity contribution in [2.24, 2.45) is 0 Å². The molecule has 1 atom stereocenters. The van der Waals surface area contributed by atoms with Crippen LogP contribution in [0.25, 0.3) is 0 Å². The number of aliphatic hydroxyl groups excluding tert-OH is 1. The fourth-order valence-corrected chi connectivity index (χ4v) is 1.93. The van der Waals surface area contributed by atoms with Crippen LogP contribution in [0.5, 0.6) is 0 Å². The average molecular weight is 264 g/mol. The quantitative estimate of drug-likeness (QED) is 0.636. The summed E-state index contributed by atoms with van der Waals surface area (Å²) in [5, 5.41) is 9.71. The predicted molar refractivity (Wildman–Crippen MR) is 56.5 cm³/mol. The molecular formula is C7H10BrN3OS. The van der Waals surface area contributed by atoms with E-state index in [4.69, 9.17) is 10.8 Å². The van der Waals surface area contributed by atoms with Crippen LogP contribution < -0.4 is 5.73 Å². The molecular weight excluding hydrogens is 254 g/mol. The van der Waals surface area contributed by atoms with Crippen molar-refractivity contribution < 1.29 is 5.11 Å². The van der Waals surface area contributed by atoms with Gasteiger partial charge in [0.25, 0.3) is 0 Å². The van der Waals surface area contributed by atoms with Gasteiger partial charge in [-0.3, -0.25) is 0 Å². The van der Waals surface area contributed by atoms with Crippen molar-refractivity contribution in [3.8, 4) is 0 Å². The predicted octanol–water partition coefficient (Wildman–Crippen LogP) is 1.29. The van der Waals surface area contributed by atoms with Crippen LogP contribution >= 0.6 is 27.7 Å². The summed E-state index contributed by atoms with van der Waals surface area (Å²) in [7, 11) is 0. The molecule has 0 saturated heterocycles. The lowest BCUT2D eigenvalue weighted by molar-refractivity contribution is 0.300. The normalized spacial score (nSPS) is 12.8. The second-order valence-corrected chi connectivity index (χ2v) is 4.71. The molecule has 1 rings (SSSR count). The van der Waals surface area contributed by atoms with E-state index in [9.17, 15) is 0 Å². The minimum absolute atomic E-state index is 0.102. The minimum Gasteiger partial charge on any atom is -0.395 e. The minimum atomic E-state index is 0.102. The van der Waals surface area contributed by atoms with Crippen molar-refractivity contribution in [1.82, 2.24) is 9.97 Å². The van der Waals surface area contributed by atoms with Gasteiger partial charge in [-0.25, -0.2) is 9.97 Å². The van der Waals surface area contributed by atoms with Crippen LogP contribution in [-0.2, 0) is 0 Å². The van der Waals surface area contributed by atoms with Crippen molar-refractivity contribution in [3.05, 3.63) is 10.8 Å². The van der Waals surface area contributed by atoms with Gasteiger partial charge in [-0.05, 0) is 15.9 Å². The Morgan fingerprint density at radius 3 is 3.00 bits per heavy atom. The lowest BCUT2D eigenvalue weighted by Crippen LogP contribution is -2.03. The molecule has 13 heavy (non-hydrogen) atoms. The number of halogens is 1. The summed E-state index contributed by atoms with van der Waals surface area (Å²) in [4.78, 5) is 7.86. The van der Waals surface area contributed by atoms with Gasteiger partial charge in [0, 0.05) is 5.25 Å². The Balaban J connectivity index is 2.83. The van der Waals surface area contributed by atoms with Gasteiger partial charge in [-0.1, -0.05) is 18.7 Å². The highest BCUT2D eigenvalue weighted by molar-refractivity contribution is 9.10. The summed E-state index contributed by atoms with van der Waals surface area (Å²) < 4.78 is 0.695. The van der Waals surface area contributed by atoms with Gasteiger partial charge in [0.1, 0.15) is 17.2 Å². The molecule has 0 saturated carbocycles.